The molecule has 82 valence electrons. The molecule has 1 unspecified atom stereocenters. The van der Waals surface area contributed by atoms with E-state index in [0.29, 0.717) is 6.04 Å². The minimum atomic E-state index is 0.119. The third kappa shape index (κ3) is 3.20. The summed E-state index contributed by atoms with van der Waals surface area (Å²) >= 11 is 0. The molecule has 2 amide bonds. The highest BCUT2D eigenvalue weighted by Crippen LogP contribution is 2.12. The van der Waals surface area contributed by atoms with Crippen LogP contribution < -0.4 is 5.32 Å². The van der Waals surface area contributed by atoms with Crippen molar-refractivity contribution in [2.45, 2.75) is 52.0 Å². The summed E-state index contributed by atoms with van der Waals surface area (Å²) in [4.78, 5) is 13.3. The Hall–Kier alpha value is -0.730. The molecule has 1 aliphatic heterocycles. The van der Waals surface area contributed by atoms with Crippen LogP contribution in [0.5, 0.6) is 0 Å². The summed E-state index contributed by atoms with van der Waals surface area (Å²) in [6.07, 6.45) is 6.29. The van der Waals surface area contributed by atoms with E-state index in [4.69, 9.17) is 0 Å². The van der Waals surface area contributed by atoms with Gasteiger partial charge in [0.15, 0.2) is 0 Å². The van der Waals surface area contributed by atoms with Crippen LogP contribution in [-0.2, 0) is 0 Å². The molecule has 0 aromatic carbocycles. The van der Waals surface area contributed by atoms with Gasteiger partial charge in [0.2, 0.25) is 0 Å². The molecule has 1 N–H and O–H groups in total. The van der Waals surface area contributed by atoms with Crippen LogP contribution in [0.2, 0.25) is 0 Å². The van der Waals surface area contributed by atoms with Crippen molar-refractivity contribution in [3.63, 3.8) is 0 Å². The fourth-order valence-corrected chi connectivity index (χ4v) is 1.93. The molecule has 3 nitrogen and oxygen atoms in total. The third-order valence-corrected chi connectivity index (χ3v) is 2.90. The highest BCUT2D eigenvalue weighted by Gasteiger charge is 2.23. The fourth-order valence-electron chi connectivity index (χ4n) is 1.93. The van der Waals surface area contributed by atoms with Gasteiger partial charge in [0, 0.05) is 19.1 Å². The van der Waals surface area contributed by atoms with Crippen LogP contribution in [-0.4, -0.2) is 30.1 Å². The van der Waals surface area contributed by atoms with Crippen molar-refractivity contribution < 1.29 is 4.79 Å². The molecule has 1 fully saturated rings. The average molecular weight is 198 g/mol. The number of hydrogen-bond acceptors (Lipinski definition) is 1. The molecule has 1 atom stereocenters. The van der Waals surface area contributed by atoms with Crippen LogP contribution in [0.15, 0.2) is 0 Å². The van der Waals surface area contributed by atoms with Crippen molar-refractivity contribution in [2.75, 3.05) is 13.1 Å². The van der Waals surface area contributed by atoms with Crippen LogP contribution in [0.3, 0.4) is 0 Å². The lowest BCUT2D eigenvalue weighted by Crippen LogP contribution is -2.35. The van der Waals surface area contributed by atoms with E-state index in [9.17, 15) is 4.79 Å². The largest absolute Gasteiger partial charge is 0.336 e. The van der Waals surface area contributed by atoms with E-state index in [1.165, 1.54) is 25.7 Å². The molecule has 1 aliphatic rings. The summed E-state index contributed by atoms with van der Waals surface area (Å²) in [5.41, 5.74) is 0. The number of rotatable bonds is 6. The van der Waals surface area contributed by atoms with Crippen LogP contribution in [0.25, 0.3) is 0 Å². The van der Waals surface area contributed by atoms with Gasteiger partial charge >= 0.3 is 6.03 Å². The Kier molecular flexibility index (Phi) is 4.77. The highest BCUT2D eigenvalue weighted by atomic mass is 16.2. The maximum atomic E-state index is 11.3. The molecule has 0 radical (unpaired) electrons. The summed E-state index contributed by atoms with van der Waals surface area (Å²) < 4.78 is 0. The van der Waals surface area contributed by atoms with Crippen LogP contribution in [0, 0.1) is 0 Å². The average Bonchev–Trinajstić information content (AvgIpc) is 2.59. The maximum absolute atomic E-state index is 11.3. The van der Waals surface area contributed by atoms with Gasteiger partial charge in [-0.25, -0.2) is 4.79 Å². The molecule has 0 bridgehead atoms. The number of amides is 2. The molecule has 0 aliphatic carbocycles. The zero-order chi connectivity index (χ0) is 10.4. The Bertz CT molecular complexity index is 182. The van der Waals surface area contributed by atoms with E-state index < -0.39 is 0 Å². The third-order valence-electron chi connectivity index (χ3n) is 2.90. The number of hydrogen-bond donors (Lipinski definition) is 1. The van der Waals surface area contributed by atoms with Gasteiger partial charge in [-0.15, -0.1) is 0 Å². The Labute approximate surface area is 86.9 Å². The molecule has 1 heterocycles. The first-order valence-corrected chi connectivity index (χ1v) is 5.80. The lowest BCUT2D eigenvalue weighted by atomic mass is 10.1. The number of nitrogens with one attached hydrogen (secondary N) is 1. The first-order chi connectivity index (χ1) is 6.75. The SMILES string of the molecule is CCCCCCC(C)N1CCNC1=O. The lowest BCUT2D eigenvalue weighted by molar-refractivity contribution is 0.198. The predicted molar refractivity (Wildman–Crippen MR) is 58.3 cm³/mol. The molecule has 3 heteroatoms. The predicted octanol–water partition coefficient (Wildman–Crippen LogP) is 2.37. The number of urea groups is 1. The second-order valence-corrected chi connectivity index (χ2v) is 4.12. The van der Waals surface area contributed by atoms with Gasteiger partial charge in [0.1, 0.15) is 0 Å². The Morgan fingerprint density at radius 2 is 2.21 bits per heavy atom. The van der Waals surface area contributed by atoms with Crippen LogP contribution in [0.4, 0.5) is 4.79 Å². The zero-order valence-corrected chi connectivity index (χ0v) is 9.38. The minimum Gasteiger partial charge on any atom is -0.336 e. The Morgan fingerprint density at radius 1 is 1.43 bits per heavy atom. The quantitative estimate of drug-likeness (QED) is 0.653. The van der Waals surface area contributed by atoms with Crippen molar-refractivity contribution in [2.24, 2.45) is 0 Å². The Morgan fingerprint density at radius 3 is 2.79 bits per heavy atom. The maximum Gasteiger partial charge on any atom is 0.317 e. The first-order valence-electron chi connectivity index (χ1n) is 5.80. The number of carbonyl (C=O) groups is 1. The van der Waals surface area contributed by atoms with E-state index in [1.807, 2.05) is 4.90 Å². The van der Waals surface area contributed by atoms with E-state index in [2.05, 4.69) is 19.2 Å². The summed E-state index contributed by atoms with van der Waals surface area (Å²) in [6.45, 7) is 6.07. The molecule has 0 aromatic heterocycles. The van der Waals surface area contributed by atoms with Gasteiger partial charge < -0.3 is 10.2 Å². The van der Waals surface area contributed by atoms with E-state index in [0.717, 1.165) is 19.5 Å². The van der Waals surface area contributed by atoms with Gasteiger partial charge in [0.25, 0.3) is 0 Å². The van der Waals surface area contributed by atoms with Gasteiger partial charge in [-0.1, -0.05) is 32.6 Å². The molecule has 1 saturated heterocycles. The van der Waals surface area contributed by atoms with Gasteiger partial charge in [-0.3, -0.25) is 0 Å². The Balaban J connectivity index is 2.14. The van der Waals surface area contributed by atoms with E-state index in [1.54, 1.807) is 0 Å². The van der Waals surface area contributed by atoms with Gasteiger partial charge in [0.05, 0.1) is 0 Å². The van der Waals surface area contributed by atoms with Crippen LogP contribution in [0.1, 0.15) is 46.0 Å². The standard InChI is InChI=1S/C11H22N2O/c1-3-4-5-6-7-10(2)13-9-8-12-11(13)14/h10H,3-9H2,1-2H3,(H,12,14). The summed E-state index contributed by atoms with van der Waals surface area (Å²) in [6, 6.07) is 0.530. The van der Waals surface area contributed by atoms with E-state index in [-0.39, 0.29) is 6.03 Å². The van der Waals surface area contributed by atoms with Gasteiger partial charge in [-0.05, 0) is 13.3 Å². The van der Waals surface area contributed by atoms with Crippen molar-refractivity contribution >= 4 is 6.03 Å². The highest BCUT2D eigenvalue weighted by molar-refractivity contribution is 5.76. The lowest BCUT2D eigenvalue weighted by Gasteiger charge is -2.22. The van der Waals surface area contributed by atoms with Crippen molar-refractivity contribution in [1.82, 2.24) is 10.2 Å². The molecular weight excluding hydrogens is 176 g/mol. The molecule has 14 heavy (non-hydrogen) atoms. The minimum absolute atomic E-state index is 0.119. The molecule has 0 spiro atoms. The smallest absolute Gasteiger partial charge is 0.317 e. The normalized spacial score (nSPS) is 18.4. The number of carbonyl (C=O) groups excluding carboxylic acids is 1. The molecular formula is C11H22N2O. The van der Waals surface area contributed by atoms with Crippen LogP contribution >= 0.6 is 0 Å². The van der Waals surface area contributed by atoms with E-state index >= 15 is 0 Å². The monoisotopic (exact) mass is 198 g/mol. The van der Waals surface area contributed by atoms with Crippen molar-refractivity contribution in [3.05, 3.63) is 0 Å². The number of unbranched alkanes of at least 4 members (excludes halogenated alkanes) is 3. The molecule has 0 aromatic rings. The zero-order valence-electron chi connectivity index (χ0n) is 9.38. The molecule has 1 rings (SSSR count). The second-order valence-electron chi connectivity index (χ2n) is 4.12. The van der Waals surface area contributed by atoms with Crippen molar-refractivity contribution in [3.8, 4) is 0 Å². The topological polar surface area (TPSA) is 32.3 Å². The summed E-state index contributed by atoms with van der Waals surface area (Å²) in [7, 11) is 0. The van der Waals surface area contributed by atoms with Crippen molar-refractivity contribution in [1.29, 1.82) is 0 Å². The second kappa shape index (κ2) is 5.89. The first kappa shape index (κ1) is 11.3. The summed E-state index contributed by atoms with van der Waals surface area (Å²) in [5, 5.41) is 2.84. The molecule has 0 saturated carbocycles. The van der Waals surface area contributed by atoms with Gasteiger partial charge in [-0.2, -0.15) is 0 Å². The number of nitrogens with zero attached hydrogens (tertiary/aromatic N) is 1. The fraction of sp³-hybridized carbons (Fsp3) is 0.909. The summed E-state index contributed by atoms with van der Waals surface area (Å²) in [5.74, 6) is 0.